The summed E-state index contributed by atoms with van der Waals surface area (Å²) >= 11 is 0. The molecule has 0 amide bonds. The highest BCUT2D eigenvalue weighted by molar-refractivity contribution is 7.68. The molecule has 2 radical (unpaired) electrons. The Labute approximate surface area is 93.8 Å². The predicted molar refractivity (Wildman–Crippen MR) is 49.0 cm³/mol. The molecule has 0 aliphatic heterocycles. The maximum Gasteiger partial charge on any atom is 0.532 e. The molecule has 2 nitrogen and oxygen atoms in total. The molecule has 10 heteroatoms. The van der Waals surface area contributed by atoms with Gasteiger partial charge in [0.05, 0.1) is 6.57 Å². The lowest BCUT2D eigenvalue weighted by atomic mass is 10.2. The van der Waals surface area contributed by atoms with Crippen LogP contribution in [0.25, 0.3) is 4.85 Å². The van der Waals surface area contributed by atoms with Crippen molar-refractivity contribution in [3.8, 4) is 0 Å². The normalized spacial score (nSPS) is 10.1. The van der Waals surface area contributed by atoms with Crippen LogP contribution in [0.1, 0.15) is 0 Å². The van der Waals surface area contributed by atoms with Crippen LogP contribution in [0.15, 0.2) is 0 Å². The Hall–Kier alpha value is -1.55. The van der Waals surface area contributed by atoms with Gasteiger partial charge in [-0.15, -0.1) is 5.16 Å². The summed E-state index contributed by atoms with van der Waals surface area (Å²) in [5.41, 5.74) is -1.49. The summed E-state index contributed by atoms with van der Waals surface area (Å²) in [7, 11) is 1.81. The molecule has 0 saturated heterocycles. The van der Waals surface area contributed by atoms with Crippen LogP contribution in [0.2, 0.25) is 0 Å². The van der Waals surface area contributed by atoms with E-state index in [2.05, 4.69) is 12.4 Å². The molecule has 0 saturated carbocycles. The van der Waals surface area contributed by atoms with E-state index >= 15 is 0 Å². The van der Waals surface area contributed by atoms with Crippen molar-refractivity contribution in [3.63, 3.8) is 0 Å². The topological polar surface area (TPSA) is 28.2 Å². The Bertz CT molecular complexity index is 467. The molecule has 1 rings (SSSR count). The van der Waals surface area contributed by atoms with Crippen LogP contribution in [0, 0.1) is 40.8 Å². The van der Waals surface area contributed by atoms with E-state index in [1.165, 1.54) is 0 Å². The highest BCUT2D eigenvalue weighted by Gasteiger charge is 2.25. The monoisotopic (exact) mass is 269 g/mol. The summed E-state index contributed by atoms with van der Waals surface area (Å²) in [5, 5.41) is 5.76. The van der Waals surface area contributed by atoms with E-state index in [1.54, 1.807) is 0 Å². The van der Waals surface area contributed by atoms with Gasteiger partial charge in [-0.1, -0.05) is 0 Å². The zero-order chi connectivity index (χ0) is 13.7. The predicted octanol–water partition coefficient (Wildman–Crippen LogP) is 4.13. The van der Waals surface area contributed by atoms with Gasteiger partial charge < -0.3 is 0 Å². The van der Waals surface area contributed by atoms with Crippen LogP contribution in [0.5, 0.6) is 0 Å². The molecule has 0 fully saturated rings. The van der Waals surface area contributed by atoms with Crippen molar-refractivity contribution in [2.24, 2.45) is 0 Å². The van der Waals surface area contributed by atoms with Crippen LogP contribution >= 0.6 is 7.90 Å². The lowest BCUT2D eigenvalue weighted by Crippen LogP contribution is -1.99. The Morgan fingerprint density at radius 3 is 1.41 bits per heavy atom. The second-order valence-electron chi connectivity index (χ2n) is 2.34. The van der Waals surface area contributed by atoms with Gasteiger partial charge >= 0.3 is 15.5 Å². The van der Waals surface area contributed by atoms with Gasteiger partial charge in [-0.2, -0.15) is 0 Å². The van der Waals surface area contributed by atoms with Crippen molar-refractivity contribution in [1.82, 2.24) is 0 Å². The molecule has 0 bridgehead atoms. The van der Waals surface area contributed by atoms with Crippen LogP contribution in [0.3, 0.4) is 0 Å². The first kappa shape index (κ1) is 15.5. The number of hydrogen-bond acceptors (Lipinski definition) is 1. The summed E-state index contributed by atoms with van der Waals surface area (Å²) in [5.74, 6) is -10.7. The molecule has 1 unspecified atom stereocenters. The third-order valence-electron chi connectivity index (χ3n) is 1.30. The minimum atomic E-state index is -2.37. The summed E-state index contributed by atoms with van der Waals surface area (Å²) in [6, 6.07) is 0. The largest absolute Gasteiger partial charge is 0.532 e. The molecular formula is C7HBF6N2P+. The van der Waals surface area contributed by atoms with Gasteiger partial charge in [0.2, 0.25) is 0 Å². The fraction of sp³-hybridized carbons (Fsp3) is 0. The van der Waals surface area contributed by atoms with Crippen molar-refractivity contribution in [1.29, 1.82) is 5.16 Å². The van der Waals surface area contributed by atoms with Gasteiger partial charge in [0.15, 0.2) is 29.1 Å². The Morgan fingerprint density at radius 1 is 0.941 bits per heavy atom. The van der Waals surface area contributed by atoms with Gasteiger partial charge in [0.25, 0.3) is 5.69 Å². The number of rotatable bonds is 0. The zero-order valence-electron chi connectivity index (χ0n) is 7.74. The first-order valence-electron chi connectivity index (χ1n) is 3.54. The average molecular weight is 269 g/mol. The SMILES string of the molecule is [B][P+](=N)F.[C-]#[N+]c1c(F)c(F)c(F)c(F)c1F. The second kappa shape index (κ2) is 6.25. The van der Waals surface area contributed by atoms with Gasteiger partial charge in [0, 0.05) is 4.20 Å². The maximum absolute atomic E-state index is 12.5. The Morgan fingerprint density at radius 2 is 1.18 bits per heavy atom. The van der Waals surface area contributed by atoms with E-state index in [0.29, 0.717) is 0 Å². The van der Waals surface area contributed by atoms with E-state index in [0.717, 1.165) is 0 Å². The van der Waals surface area contributed by atoms with Crippen LogP contribution in [0.4, 0.5) is 31.8 Å². The number of hydrogen-bond donors (Lipinski definition) is 1. The third kappa shape index (κ3) is 3.75. The molecule has 1 N–H and O–H groups in total. The fourth-order valence-electron chi connectivity index (χ4n) is 0.691. The quantitative estimate of drug-likeness (QED) is 0.183. The second-order valence-corrected chi connectivity index (χ2v) is 2.96. The van der Waals surface area contributed by atoms with Crippen LogP contribution < -0.4 is 0 Å². The highest BCUT2D eigenvalue weighted by Crippen LogP contribution is 2.28. The fourth-order valence-corrected chi connectivity index (χ4v) is 0.691. The Balaban J connectivity index is 0.000000557. The van der Waals surface area contributed by atoms with Crippen molar-refractivity contribution in [2.45, 2.75) is 0 Å². The molecule has 0 aromatic heterocycles. The van der Waals surface area contributed by atoms with Crippen molar-refractivity contribution < 1.29 is 26.1 Å². The maximum atomic E-state index is 12.5. The standard InChI is InChI=1S/C7F5N.BFHNP/c1-13-7-5(11)3(9)2(8)4(10)6(7)12;1-4(2)3/h;3H/q;+1. The van der Waals surface area contributed by atoms with Gasteiger partial charge in [-0.25, -0.2) is 26.8 Å². The molecule has 0 spiro atoms. The Kier molecular flexibility index (Phi) is 5.69. The lowest BCUT2D eigenvalue weighted by Gasteiger charge is -2.00. The van der Waals surface area contributed by atoms with E-state index in [4.69, 9.17) is 11.7 Å². The van der Waals surface area contributed by atoms with Gasteiger partial charge in [0.1, 0.15) is 0 Å². The summed E-state index contributed by atoms with van der Waals surface area (Å²) in [4.78, 5) is 2.19. The molecule has 0 aliphatic carbocycles. The minimum absolute atomic E-state index is 1.49. The summed E-state index contributed by atoms with van der Waals surface area (Å²) in [6.07, 6.45) is 0. The van der Waals surface area contributed by atoms with E-state index in [-0.39, 0.29) is 0 Å². The summed E-state index contributed by atoms with van der Waals surface area (Å²) in [6.45, 7) is 6.18. The van der Waals surface area contributed by atoms with Crippen LogP contribution in [-0.4, -0.2) is 7.57 Å². The number of halogens is 6. The highest BCUT2D eigenvalue weighted by atomic mass is 31.1. The van der Waals surface area contributed by atoms with Gasteiger partial charge in [-0.05, 0) is 0 Å². The average Bonchev–Trinajstić information content (AvgIpc) is 2.24. The molecule has 1 aromatic carbocycles. The van der Waals surface area contributed by atoms with Crippen molar-refractivity contribution in [2.75, 3.05) is 0 Å². The molecule has 0 aliphatic rings. The molecular weight excluding hydrogens is 268 g/mol. The third-order valence-corrected chi connectivity index (χ3v) is 1.30. The molecule has 17 heavy (non-hydrogen) atoms. The van der Waals surface area contributed by atoms with Gasteiger partial charge in [-0.3, -0.25) is 0 Å². The molecule has 1 atom stereocenters. The van der Waals surface area contributed by atoms with Crippen molar-refractivity contribution in [3.05, 3.63) is 40.5 Å². The molecule has 88 valence electrons. The first-order valence-corrected chi connectivity index (χ1v) is 4.84. The van der Waals surface area contributed by atoms with Crippen molar-refractivity contribution >= 4 is 21.2 Å². The molecule has 0 heterocycles. The number of benzene rings is 1. The number of nitrogens with one attached hydrogen (secondary N) is 1. The summed E-state index contributed by atoms with van der Waals surface area (Å²) < 4.78 is 72.3. The number of nitrogens with zero attached hydrogens (tertiary/aromatic N) is 1. The van der Waals surface area contributed by atoms with E-state index in [9.17, 15) is 26.1 Å². The van der Waals surface area contributed by atoms with Crippen LogP contribution in [-0.2, 0) is 0 Å². The lowest BCUT2D eigenvalue weighted by molar-refractivity contribution is 0.383. The zero-order valence-corrected chi connectivity index (χ0v) is 8.63. The smallest absolute Gasteiger partial charge is 0.232 e. The van der Waals surface area contributed by atoms with E-state index in [1.807, 2.05) is 0 Å². The minimum Gasteiger partial charge on any atom is -0.232 e. The first-order chi connectivity index (χ1) is 7.73. The molecule has 1 aromatic rings. The van der Waals surface area contributed by atoms with E-state index < -0.39 is 42.7 Å².